The fourth-order valence-corrected chi connectivity index (χ4v) is 3.74. The van der Waals surface area contributed by atoms with E-state index in [0.29, 0.717) is 5.82 Å². The fraction of sp³-hybridized carbons (Fsp3) is 0.680. The number of aromatic nitrogens is 2. The summed E-state index contributed by atoms with van der Waals surface area (Å²) in [6.45, 7) is 7.04. The highest BCUT2D eigenvalue weighted by Gasteiger charge is 2.27. The number of hydrogen-bond donors (Lipinski definition) is 1. The van der Waals surface area contributed by atoms with Gasteiger partial charge in [0.15, 0.2) is 5.82 Å². The normalized spacial score (nSPS) is 11.7. The van der Waals surface area contributed by atoms with Crippen molar-refractivity contribution >= 4 is 0 Å². The van der Waals surface area contributed by atoms with Gasteiger partial charge in [-0.1, -0.05) is 94.8 Å². The lowest BCUT2D eigenvalue weighted by Crippen LogP contribution is -2.21. The predicted molar refractivity (Wildman–Crippen MR) is 122 cm³/mol. The maximum Gasteiger partial charge on any atom is 0.438 e. The van der Waals surface area contributed by atoms with Crippen molar-refractivity contribution < 1.29 is 9.26 Å². The van der Waals surface area contributed by atoms with Crippen LogP contribution in [0.25, 0.3) is 0 Å². The number of H-pyrrole nitrogens is 1. The SMILES string of the molecule is CCCCCCCCCCCCCCOc1ccc(C(C)(C)c2noc(=O)[nH]2)cc1. The monoisotopic (exact) mass is 416 g/mol. The average Bonchev–Trinajstić information content (AvgIpc) is 3.19. The van der Waals surface area contributed by atoms with Crippen molar-refractivity contribution in [1.82, 2.24) is 10.1 Å². The van der Waals surface area contributed by atoms with Crippen molar-refractivity contribution in [2.45, 2.75) is 103 Å². The number of hydrogen-bond acceptors (Lipinski definition) is 4. The van der Waals surface area contributed by atoms with E-state index in [1.54, 1.807) is 0 Å². The Morgan fingerprint density at radius 1 is 0.867 bits per heavy atom. The minimum Gasteiger partial charge on any atom is -0.494 e. The second-order valence-electron chi connectivity index (χ2n) is 8.83. The number of nitrogens with one attached hydrogen (secondary N) is 1. The standard InChI is InChI=1S/C25H40N2O3/c1-4-5-6-7-8-9-10-11-12-13-14-15-20-29-22-18-16-21(17-19-22)25(2,3)23-26-24(28)30-27-23/h16-19H,4-15,20H2,1-3H3,(H,26,27,28). The summed E-state index contributed by atoms with van der Waals surface area (Å²) in [7, 11) is 0. The molecule has 1 N–H and O–H groups in total. The van der Waals surface area contributed by atoms with Gasteiger partial charge in [0.05, 0.1) is 12.0 Å². The third-order valence-corrected chi connectivity index (χ3v) is 5.87. The van der Waals surface area contributed by atoms with E-state index in [4.69, 9.17) is 4.74 Å². The van der Waals surface area contributed by atoms with Crippen LogP contribution in [0.1, 0.15) is 109 Å². The number of nitrogens with zero attached hydrogens (tertiary/aromatic N) is 1. The largest absolute Gasteiger partial charge is 0.494 e. The minimum absolute atomic E-state index is 0.430. The molecule has 0 amide bonds. The van der Waals surface area contributed by atoms with E-state index >= 15 is 0 Å². The molecular weight excluding hydrogens is 376 g/mol. The Morgan fingerprint density at radius 2 is 1.40 bits per heavy atom. The van der Waals surface area contributed by atoms with Gasteiger partial charge >= 0.3 is 5.76 Å². The maximum absolute atomic E-state index is 11.2. The van der Waals surface area contributed by atoms with Crippen molar-refractivity contribution in [3.05, 3.63) is 46.2 Å². The summed E-state index contributed by atoms with van der Waals surface area (Å²) < 4.78 is 10.5. The fourth-order valence-electron chi connectivity index (χ4n) is 3.74. The van der Waals surface area contributed by atoms with E-state index in [9.17, 15) is 4.79 Å². The van der Waals surface area contributed by atoms with Crippen LogP contribution in [0.5, 0.6) is 5.75 Å². The molecule has 0 bridgehead atoms. The van der Waals surface area contributed by atoms with E-state index in [2.05, 4.69) is 21.6 Å². The summed E-state index contributed by atoms with van der Waals surface area (Å²) in [6, 6.07) is 8.00. The molecule has 5 nitrogen and oxygen atoms in total. The van der Waals surface area contributed by atoms with E-state index in [1.807, 2.05) is 38.1 Å². The molecule has 1 heterocycles. The highest BCUT2D eigenvalue weighted by molar-refractivity contribution is 5.35. The van der Waals surface area contributed by atoms with Crippen LogP contribution in [0.4, 0.5) is 0 Å². The second-order valence-corrected chi connectivity index (χ2v) is 8.83. The van der Waals surface area contributed by atoms with Crippen LogP contribution >= 0.6 is 0 Å². The Bertz CT molecular complexity index is 746. The van der Waals surface area contributed by atoms with Crippen LogP contribution in [-0.2, 0) is 5.41 Å². The summed E-state index contributed by atoms with van der Waals surface area (Å²) in [5.41, 5.74) is 0.616. The van der Waals surface area contributed by atoms with E-state index < -0.39 is 11.2 Å². The van der Waals surface area contributed by atoms with Gasteiger partial charge in [-0.25, -0.2) is 4.79 Å². The van der Waals surface area contributed by atoms with Gasteiger partial charge in [-0.05, 0) is 38.0 Å². The molecule has 0 saturated carbocycles. The Hall–Kier alpha value is -2.04. The first kappa shape index (κ1) is 24.2. The average molecular weight is 417 g/mol. The highest BCUT2D eigenvalue weighted by Crippen LogP contribution is 2.29. The molecule has 168 valence electrons. The number of rotatable bonds is 16. The highest BCUT2D eigenvalue weighted by atomic mass is 16.5. The third kappa shape index (κ3) is 8.37. The van der Waals surface area contributed by atoms with E-state index in [0.717, 1.165) is 24.3 Å². The van der Waals surface area contributed by atoms with Crippen LogP contribution in [0, 0.1) is 0 Å². The second kappa shape index (κ2) is 13.3. The first-order valence-corrected chi connectivity index (χ1v) is 11.8. The first-order valence-electron chi connectivity index (χ1n) is 11.8. The molecule has 2 aromatic rings. The molecule has 30 heavy (non-hydrogen) atoms. The Balaban J connectivity index is 1.54. The zero-order valence-electron chi connectivity index (χ0n) is 19.2. The minimum atomic E-state index is -0.527. The zero-order valence-corrected chi connectivity index (χ0v) is 19.2. The number of ether oxygens (including phenoxy) is 1. The van der Waals surface area contributed by atoms with Crippen molar-refractivity contribution in [1.29, 1.82) is 0 Å². The van der Waals surface area contributed by atoms with Crippen LogP contribution in [0.15, 0.2) is 33.6 Å². The van der Waals surface area contributed by atoms with Crippen LogP contribution in [0.3, 0.4) is 0 Å². The molecule has 1 aromatic heterocycles. The molecule has 0 spiro atoms. The summed E-state index contributed by atoms with van der Waals surface area (Å²) >= 11 is 0. The Morgan fingerprint density at radius 3 is 1.90 bits per heavy atom. The molecule has 0 unspecified atom stereocenters. The summed E-state index contributed by atoms with van der Waals surface area (Å²) in [4.78, 5) is 13.9. The molecule has 1 aromatic carbocycles. The maximum atomic E-state index is 11.2. The smallest absolute Gasteiger partial charge is 0.438 e. The van der Waals surface area contributed by atoms with E-state index in [-0.39, 0.29) is 0 Å². The molecule has 0 fully saturated rings. The van der Waals surface area contributed by atoms with Gasteiger partial charge in [-0.3, -0.25) is 9.51 Å². The zero-order chi connectivity index (χ0) is 21.7. The number of aromatic amines is 1. The van der Waals surface area contributed by atoms with Gasteiger partial charge in [0.1, 0.15) is 5.75 Å². The van der Waals surface area contributed by atoms with Crippen molar-refractivity contribution in [3.8, 4) is 5.75 Å². The predicted octanol–water partition coefficient (Wildman–Crippen LogP) is 6.77. The third-order valence-electron chi connectivity index (χ3n) is 5.87. The van der Waals surface area contributed by atoms with Gasteiger partial charge in [0, 0.05) is 0 Å². The molecule has 0 aliphatic rings. The Labute approximate surface area is 181 Å². The number of unbranched alkanes of at least 4 members (excludes halogenated alkanes) is 11. The topological polar surface area (TPSA) is 68.1 Å². The van der Waals surface area contributed by atoms with Gasteiger partial charge in [0.25, 0.3) is 0 Å². The molecule has 2 rings (SSSR count). The van der Waals surface area contributed by atoms with Gasteiger partial charge < -0.3 is 4.74 Å². The molecule has 0 aliphatic carbocycles. The molecular formula is C25H40N2O3. The van der Waals surface area contributed by atoms with Gasteiger partial charge in [-0.2, -0.15) is 0 Å². The van der Waals surface area contributed by atoms with Crippen LogP contribution in [-0.4, -0.2) is 16.7 Å². The van der Waals surface area contributed by atoms with Gasteiger partial charge in [-0.15, -0.1) is 0 Å². The Kier molecular flexibility index (Phi) is 10.7. The number of benzene rings is 1. The van der Waals surface area contributed by atoms with Gasteiger partial charge in [0.2, 0.25) is 0 Å². The molecule has 0 saturated heterocycles. The lowest BCUT2D eigenvalue weighted by molar-refractivity contribution is 0.304. The van der Waals surface area contributed by atoms with Crippen molar-refractivity contribution in [2.24, 2.45) is 0 Å². The van der Waals surface area contributed by atoms with Crippen molar-refractivity contribution in [2.75, 3.05) is 6.61 Å². The lowest BCUT2D eigenvalue weighted by atomic mass is 9.84. The van der Waals surface area contributed by atoms with Crippen LogP contribution in [0.2, 0.25) is 0 Å². The summed E-state index contributed by atoms with van der Waals surface area (Å²) in [5.74, 6) is 0.879. The first-order chi connectivity index (χ1) is 14.5. The van der Waals surface area contributed by atoms with Crippen LogP contribution < -0.4 is 10.5 Å². The summed E-state index contributed by atoms with van der Waals surface area (Å²) in [5, 5.41) is 3.83. The quantitative estimate of drug-likeness (QED) is 0.307. The van der Waals surface area contributed by atoms with Crippen molar-refractivity contribution in [3.63, 3.8) is 0 Å². The van der Waals surface area contributed by atoms with E-state index in [1.165, 1.54) is 70.6 Å². The molecule has 5 heteroatoms. The summed E-state index contributed by atoms with van der Waals surface area (Å²) in [6.07, 6.45) is 16.2. The molecule has 0 atom stereocenters. The molecule has 0 aliphatic heterocycles. The molecule has 0 radical (unpaired) electrons. The lowest BCUT2D eigenvalue weighted by Gasteiger charge is -2.21.